The van der Waals surface area contributed by atoms with Crippen LogP contribution in [0.3, 0.4) is 0 Å². The summed E-state index contributed by atoms with van der Waals surface area (Å²) in [6.07, 6.45) is 0. The van der Waals surface area contributed by atoms with Crippen molar-refractivity contribution in [3.05, 3.63) is 55.7 Å². The summed E-state index contributed by atoms with van der Waals surface area (Å²) in [4.78, 5) is 11.5. The largest absolute Gasteiger partial charge is 0.475 e. The lowest BCUT2D eigenvalue weighted by Gasteiger charge is -2.27. The van der Waals surface area contributed by atoms with Crippen molar-refractivity contribution in [3.63, 3.8) is 0 Å². The maximum Gasteiger partial charge on any atom is 0.390 e. The van der Waals surface area contributed by atoms with Crippen LogP contribution in [0.4, 0.5) is 0 Å². The molecule has 2 rings (SSSR count). The molecule has 0 heterocycles. The Morgan fingerprint density at radius 1 is 0.905 bits per heavy atom. The Morgan fingerprint density at radius 3 is 1.52 bits per heavy atom. The molecule has 0 spiro atoms. The average molecular weight is 510 g/mol. The number of aliphatic carboxylic acids is 1. The molecule has 2 aromatic rings. The van der Waals surface area contributed by atoms with Crippen LogP contribution in [-0.2, 0) is 4.79 Å². The van der Waals surface area contributed by atoms with Gasteiger partial charge in [0, 0.05) is 14.1 Å². The fourth-order valence-electron chi connectivity index (χ4n) is 1.56. The minimum atomic E-state index is -1.79. The monoisotopic (exact) mass is 510 g/mol. The van der Waals surface area contributed by atoms with Gasteiger partial charge in [-0.1, -0.05) is 0 Å². The zero-order valence-corrected chi connectivity index (χ0v) is 15.4. The first-order valence-electron chi connectivity index (χ1n) is 6.01. The lowest BCUT2D eigenvalue weighted by molar-refractivity contribution is -0.181. The van der Waals surface area contributed by atoms with Crippen molar-refractivity contribution < 1.29 is 19.4 Å². The summed E-state index contributed by atoms with van der Waals surface area (Å²) < 4.78 is 13.1. The molecule has 0 aliphatic heterocycles. The summed E-state index contributed by atoms with van der Waals surface area (Å²) in [5.41, 5.74) is 0. The lowest BCUT2D eigenvalue weighted by Crippen LogP contribution is -2.47. The van der Waals surface area contributed by atoms with Crippen LogP contribution >= 0.6 is 45.2 Å². The van der Waals surface area contributed by atoms with Crippen LogP contribution in [0.2, 0.25) is 0 Å². The van der Waals surface area contributed by atoms with Gasteiger partial charge < -0.3 is 14.6 Å². The van der Waals surface area contributed by atoms with Gasteiger partial charge in [0.05, 0.1) is 0 Å². The number of ether oxygens (including phenoxy) is 2. The molecule has 6 heteroatoms. The minimum Gasteiger partial charge on any atom is -0.475 e. The van der Waals surface area contributed by atoms with Gasteiger partial charge in [-0.05, 0) is 93.7 Å². The molecule has 0 fully saturated rings. The normalized spacial score (nSPS) is 11.0. The molecule has 0 bridgehead atoms. The van der Waals surface area contributed by atoms with Gasteiger partial charge in [0.15, 0.2) is 0 Å². The Bertz CT molecular complexity index is 576. The first-order valence-corrected chi connectivity index (χ1v) is 8.17. The summed E-state index contributed by atoms with van der Waals surface area (Å²) >= 11 is 4.33. The second-order valence-electron chi connectivity index (χ2n) is 4.36. The van der Waals surface area contributed by atoms with E-state index in [9.17, 15) is 9.90 Å². The maximum absolute atomic E-state index is 11.5. The molecule has 0 aliphatic rings. The van der Waals surface area contributed by atoms with E-state index in [1.807, 2.05) is 24.3 Å². The van der Waals surface area contributed by atoms with Crippen molar-refractivity contribution in [1.82, 2.24) is 0 Å². The molecule has 21 heavy (non-hydrogen) atoms. The van der Waals surface area contributed by atoms with Crippen LogP contribution in [0.15, 0.2) is 48.5 Å². The van der Waals surface area contributed by atoms with E-state index in [-0.39, 0.29) is 0 Å². The third-order valence-electron chi connectivity index (χ3n) is 2.64. The van der Waals surface area contributed by atoms with Crippen molar-refractivity contribution in [1.29, 1.82) is 0 Å². The zero-order valence-electron chi connectivity index (χ0n) is 11.0. The predicted molar refractivity (Wildman–Crippen MR) is 95.6 cm³/mol. The highest BCUT2D eigenvalue weighted by Crippen LogP contribution is 2.24. The second-order valence-corrected chi connectivity index (χ2v) is 6.85. The molecule has 1 N–H and O–H groups in total. The Hall–Kier alpha value is -1.03. The molecule has 0 atom stereocenters. The van der Waals surface area contributed by atoms with Gasteiger partial charge in [0.2, 0.25) is 0 Å². The van der Waals surface area contributed by atoms with Crippen LogP contribution in [0.5, 0.6) is 11.5 Å². The van der Waals surface area contributed by atoms with E-state index in [0.29, 0.717) is 11.5 Å². The molecule has 4 nitrogen and oxygen atoms in total. The van der Waals surface area contributed by atoms with Crippen molar-refractivity contribution in [2.24, 2.45) is 0 Å². The number of hydrogen-bond acceptors (Lipinski definition) is 3. The minimum absolute atomic E-state index is 0.436. The van der Waals surface area contributed by atoms with E-state index in [2.05, 4.69) is 45.2 Å². The van der Waals surface area contributed by atoms with Crippen molar-refractivity contribution in [2.75, 3.05) is 0 Å². The number of rotatable bonds is 5. The number of halogens is 2. The van der Waals surface area contributed by atoms with Gasteiger partial charge in [-0.3, -0.25) is 0 Å². The van der Waals surface area contributed by atoms with E-state index in [1.165, 1.54) is 6.92 Å². The highest BCUT2D eigenvalue weighted by atomic mass is 127. The Balaban J connectivity index is 2.21. The molecule has 0 radical (unpaired) electrons. The summed E-state index contributed by atoms with van der Waals surface area (Å²) in [6.45, 7) is 1.38. The van der Waals surface area contributed by atoms with Gasteiger partial charge in [-0.2, -0.15) is 0 Å². The molecule has 0 saturated carbocycles. The number of carbonyl (C=O) groups is 1. The molecular weight excluding hydrogens is 498 g/mol. The highest BCUT2D eigenvalue weighted by molar-refractivity contribution is 14.1. The van der Waals surface area contributed by atoms with Crippen LogP contribution in [0, 0.1) is 7.14 Å². The van der Waals surface area contributed by atoms with Gasteiger partial charge >= 0.3 is 11.8 Å². The Kier molecular flexibility index (Phi) is 5.31. The Labute approximate surface area is 149 Å². The number of carboxylic acids is 1. The van der Waals surface area contributed by atoms with Crippen LogP contribution in [-0.4, -0.2) is 16.9 Å². The maximum atomic E-state index is 11.5. The predicted octanol–water partition coefficient (Wildman–Crippen LogP) is 4.15. The fraction of sp³-hybridized carbons (Fsp3) is 0.133. The molecule has 0 aliphatic carbocycles. The molecule has 0 aromatic heterocycles. The highest BCUT2D eigenvalue weighted by Gasteiger charge is 2.38. The second kappa shape index (κ2) is 6.82. The molecule has 0 unspecified atom stereocenters. The van der Waals surface area contributed by atoms with E-state index in [4.69, 9.17) is 9.47 Å². The summed E-state index contributed by atoms with van der Waals surface area (Å²) in [6, 6.07) is 14.2. The molecule has 0 saturated heterocycles. The Morgan fingerprint density at radius 2 is 1.24 bits per heavy atom. The van der Waals surface area contributed by atoms with Gasteiger partial charge in [-0.15, -0.1) is 0 Å². The lowest BCUT2D eigenvalue weighted by atomic mass is 10.3. The van der Waals surface area contributed by atoms with E-state index in [0.717, 1.165) is 7.14 Å². The van der Waals surface area contributed by atoms with E-state index in [1.54, 1.807) is 24.3 Å². The van der Waals surface area contributed by atoms with Crippen molar-refractivity contribution >= 4 is 51.2 Å². The third-order valence-corrected chi connectivity index (χ3v) is 4.08. The summed E-state index contributed by atoms with van der Waals surface area (Å²) in [7, 11) is 0. The molecule has 110 valence electrons. The van der Waals surface area contributed by atoms with Gasteiger partial charge in [0.1, 0.15) is 11.5 Å². The van der Waals surface area contributed by atoms with Crippen LogP contribution < -0.4 is 9.47 Å². The SMILES string of the molecule is CC(Oc1ccc(I)cc1)(Oc1ccc(I)cc1)C(=O)O. The number of hydrogen-bond donors (Lipinski definition) is 1. The summed E-state index contributed by atoms with van der Waals surface area (Å²) in [5, 5.41) is 9.41. The average Bonchev–Trinajstić information content (AvgIpc) is 2.44. The van der Waals surface area contributed by atoms with Crippen molar-refractivity contribution in [3.8, 4) is 11.5 Å². The zero-order chi connectivity index (χ0) is 15.5. The molecule has 0 amide bonds. The number of benzene rings is 2. The first-order chi connectivity index (χ1) is 9.89. The van der Waals surface area contributed by atoms with Gasteiger partial charge in [-0.25, -0.2) is 4.79 Å². The van der Waals surface area contributed by atoms with Crippen LogP contribution in [0.1, 0.15) is 6.92 Å². The molecular formula is C15H12I2O4. The quantitative estimate of drug-likeness (QED) is 0.486. The van der Waals surface area contributed by atoms with Crippen molar-refractivity contribution in [2.45, 2.75) is 12.7 Å². The topological polar surface area (TPSA) is 55.8 Å². The summed E-state index contributed by atoms with van der Waals surface area (Å²) in [5.74, 6) is -2.11. The van der Waals surface area contributed by atoms with E-state index < -0.39 is 11.8 Å². The fourth-order valence-corrected chi connectivity index (χ4v) is 2.28. The standard InChI is InChI=1S/C15H12I2O4/c1-15(14(18)19,20-12-6-2-10(16)3-7-12)21-13-8-4-11(17)5-9-13/h2-9H,1H3,(H,18,19). The molecule has 2 aromatic carbocycles. The van der Waals surface area contributed by atoms with Gasteiger partial charge in [0.25, 0.3) is 0 Å². The smallest absolute Gasteiger partial charge is 0.390 e. The van der Waals surface area contributed by atoms with Crippen LogP contribution in [0.25, 0.3) is 0 Å². The van der Waals surface area contributed by atoms with E-state index >= 15 is 0 Å². The number of carboxylic acid groups (broad SMARTS) is 1. The first kappa shape index (κ1) is 16.3. The third kappa shape index (κ3) is 4.47.